The van der Waals surface area contributed by atoms with Gasteiger partial charge in [0.15, 0.2) is 0 Å². The van der Waals surface area contributed by atoms with Gasteiger partial charge in [0.2, 0.25) is 0 Å². The molecule has 0 radical (unpaired) electrons. The lowest BCUT2D eigenvalue weighted by Gasteiger charge is -2.33. The zero-order chi connectivity index (χ0) is 14.4. The third-order valence-electron chi connectivity index (χ3n) is 4.55. The number of benzene rings is 1. The van der Waals surface area contributed by atoms with Crippen LogP contribution in [0.2, 0.25) is 0 Å². The quantitative estimate of drug-likeness (QED) is 0.829. The largest absolute Gasteiger partial charge is 0.306 e. The smallest absolute Gasteiger partial charge is 0.133 e. The molecule has 1 aromatic carbocycles. The molecule has 108 valence electrons. The van der Waals surface area contributed by atoms with Gasteiger partial charge in [-0.2, -0.15) is 5.26 Å². The number of nitriles is 1. The van der Waals surface area contributed by atoms with E-state index in [-0.39, 0.29) is 0 Å². The number of nitrogens with zero attached hydrogens (tertiary/aromatic N) is 2. The summed E-state index contributed by atoms with van der Waals surface area (Å²) in [4.78, 5) is 2.37. The van der Waals surface area contributed by atoms with Crippen LogP contribution in [0.1, 0.15) is 31.2 Å². The predicted molar refractivity (Wildman–Crippen MR) is 82.2 cm³/mol. The summed E-state index contributed by atoms with van der Waals surface area (Å²) >= 11 is 0. The van der Waals surface area contributed by atoms with Crippen molar-refractivity contribution >= 4 is 0 Å². The van der Waals surface area contributed by atoms with Crippen LogP contribution in [0.25, 0.3) is 0 Å². The van der Waals surface area contributed by atoms with Crippen LogP contribution < -0.4 is 5.32 Å². The molecule has 1 aliphatic carbocycles. The molecule has 0 heterocycles. The molecule has 0 bridgehead atoms. The van der Waals surface area contributed by atoms with E-state index in [4.69, 9.17) is 0 Å². The van der Waals surface area contributed by atoms with Crippen molar-refractivity contribution in [3.63, 3.8) is 0 Å². The van der Waals surface area contributed by atoms with Crippen molar-refractivity contribution in [3.8, 4) is 6.07 Å². The van der Waals surface area contributed by atoms with Gasteiger partial charge in [0, 0.05) is 13.1 Å². The van der Waals surface area contributed by atoms with Crippen molar-refractivity contribution in [3.05, 3.63) is 35.9 Å². The first-order chi connectivity index (χ1) is 9.70. The second kappa shape index (κ2) is 6.88. The summed E-state index contributed by atoms with van der Waals surface area (Å²) in [5, 5.41) is 12.9. The van der Waals surface area contributed by atoms with Crippen LogP contribution in [0.4, 0.5) is 0 Å². The molecule has 2 rings (SSSR count). The Morgan fingerprint density at radius 2 is 2.05 bits per heavy atom. The molecule has 1 fully saturated rings. The fourth-order valence-corrected chi connectivity index (χ4v) is 2.88. The minimum atomic E-state index is -0.574. The third-order valence-corrected chi connectivity index (χ3v) is 4.55. The SMILES string of the molecule is CNC(C#N)(CCN(C)CC1CCC1)c1ccccc1. The lowest BCUT2D eigenvalue weighted by Crippen LogP contribution is -2.42. The summed E-state index contributed by atoms with van der Waals surface area (Å²) < 4.78 is 0. The van der Waals surface area contributed by atoms with Crippen LogP contribution in [-0.2, 0) is 5.54 Å². The lowest BCUT2D eigenvalue weighted by atomic mass is 9.84. The first kappa shape index (κ1) is 15.0. The lowest BCUT2D eigenvalue weighted by molar-refractivity contribution is 0.193. The van der Waals surface area contributed by atoms with Crippen molar-refractivity contribution in [2.75, 3.05) is 27.2 Å². The summed E-state index contributed by atoms with van der Waals surface area (Å²) in [7, 11) is 4.04. The van der Waals surface area contributed by atoms with Gasteiger partial charge in [0.25, 0.3) is 0 Å². The van der Waals surface area contributed by atoms with Gasteiger partial charge in [-0.05, 0) is 44.8 Å². The Bertz CT molecular complexity index is 447. The second-order valence-electron chi connectivity index (χ2n) is 5.94. The average Bonchev–Trinajstić information content (AvgIpc) is 2.46. The van der Waals surface area contributed by atoms with Crippen molar-refractivity contribution in [2.24, 2.45) is 5.92 Å². The Hall–Kier alpha value is -1.37. The molecule has 0 saturated heterocycles. The van der Waals surface area contributed by atoms with Crippen LogP contribution in [0.3, 0.4) is 0 Å². The second-order valence-corrected chi connectivity index (χ2v) is 5.94. The van der Waals surface area contributed by atoms with E-state index in [1.54, 1.807) is 0 Å². The summed E-state index contributed by atoms with van der Waals surface area (Å²) in [5.41, 5.74) is 0.483. The van der Waals surface area contributed by atoms with Gasteiger partial charge in [0.1, 0.15) is 5.54 Å². The summed E-state index contributed by atoms with van der Waals surface area (Å²) in [5.74, 6) is 0.878. The highest BCUT2D eigenvalue weighted by Gasteiger charge is 2.30. The molecule has 1 aliphatic rings. The maximum atomic E-state index is 9.65. The van der Waals surface area contributed by atoms with Gasteiger partial charge in [-0.3, -0.25) is 5.32 Å². The Morgan fingerprint density at radius 3 is 2.55 bits per heavy atom. The minimum absolute atomic E-state index is 0.574. The molecule has 0 aliphatic heterocycles. The maximum absolute atomic E-state index is 9.65. The van der Waals surface area contributed by atoms with E-state index in [1.165, 1.54) is 25.8 Å². The zero-order valence-electron chi connectivity index (χ0n) is 12.6. The Kier molecular flexibility index (Phi) is 5.17. The number of hydrogen-bond donors (Lipinski definition) is 1. The highest BCUT2D eigenvalue weighted by Crippen LogP contribution is 2.28. The molecule has 1 unspecified atom stereocenters. The van der Waals surface area contributed by atoms with E-state index >= 15 is 0 Å². The first-order valence-electron chi connectivity index (χ1n) is 7.54. The molecule has 0 spiro atoms. The van der Waals surface area contributed by atoms with Crippen molar-refractivity contribution in [1.82, 2.24) is 10.2 Å². The predicted octanol–water partition coefficient (Wildman–Crippen LogP) is 2.75. The molecular formula is C17H25N3. The Balaban J connectivity index is 1.97. The van der Waals surface area contributed by atoms with Crippen molar-refractivity contribution < 1.29 is 0 Å². The topological polar surface area (TPSA) is 39.1 Å². The highest BCUT2D eigenvalue weighted by molar-refractivity contribution is 5.31. The number of hydrogen-bond acceptors (Lipinski definition) is 3. The fourth-order valence-electron chi connectivity index (χ4n) is 2.88. The normalized spacial score (nSPS) is 18.3. The van der Waals surface area contributed by atoms with E-state index in [2.05, 4.69) is 23.3 Å². The van der Waals surface area contributed by atoms with Crippen LogP contribution >= 0.6 is 0 Å². The van der Waals surface area contributed by atoms with E-state index in [9.17, 15) is 5.26 Å². The van der Waals surface area contributed by atoms with Gasteiger partial charge in [-0.15, -0.1) is 0 Å². The molecule has 1 N–H and O–H groups in total. The number of nitrogens with one attached hydrogen (secondary N) is 1. The van der Waals surface area contributed by atoms with Gasteiger partial charge < -0.3 is 4.90 Å². The molecular weight excluding hydrogens is 246 g/mol. The summed E-state index contributed by atoms with van der Waals surface area (Å²) in [6.07, 6.45) is 4.95. The minimum Gasteiger partial charge on any atom is -0.306 e. The fraction of sp³-hybridized carbons (Fsp3) is 0.588. The molecule has 0 amide bonds. The zero-order valence-corrected chi connectivity index (χ0v) is 12.6. The first-order valence-corrected chi connectivity index (χ1v) is 7.54. The van der Waals surface area contributed by atoms with Crippen LogP contribution in [0, 0.1) is 17.2 Å². The van der Waals surface area contributed by atoms with Gasteiger partial charge >= 0.3 is 0 Å². The molecule has 20 heavy (non-hydrogen) atoms. The molecule has 1 saturated carbocycles. The van der Waals surface area contributed by atoms with Crippen molar-refractivity contribution in [2.45, 2.75) is 31.2 Å². The molecule has 0 aromatic heterocycles. The van der Waals surface area contributed by atoms with Gasteiger partial charge in [-0.1, -0.05) is 36.8 Å². The van der Waals surface area contributed by atoms with E-state index in [0.717, 1.165) is 24.4 Å². The van der Waals surface area contributed by atoms with Crippen molar-refractivity contribution in [1.29, 1.82) is 5.26 Å². The molecule has 1 atom stereocenters. The van der Waals surface area contributed by atoms with Crippen LogP contribution in [0.5, 0.6) is 0 Å². The summed E-state index contributed by atoms with van der Waals surface area (Å²) in [6.45, 7) is 2.11. The van der Waals surface area contributed by atoms with Gasteiger partial charge in [-0.25, -0.2) is 0 Å². The van der Waals surface area contributed by atoms with E-state index < -0.39 is 5.54 Å². The Labute approximate surface area is 122 Å². The molecule has 3 heteroatoms. The molecule has 1 aromatic rings. The van der Waals surface area contributed by atoms with E-state index in [0.29, 0.717) is 0 Å². The van der Waals surface area contributed by atoms with Crippen LogP contribution in [0.15, 0.2) is 30.3 Å². The maximum Gasteiger partial charge on any atom is 0.133 e. The molecule has 3 nitrogen and oxygen atoms in total. The average molecular weight is 271 g/mol. The van der Waals surface area contributed by atoms with E-state index in [1.807, 2.05) is 37.4 Å². The summed E-state index contributed by atoms with van der Waals surface area (Å²) in [6, 6.07) is 12.5. The monoisotopic (exact) mass is 271 g/mol. The Morgan fingerprint density at radius 1 is 1.35 bits per heavy atom. The van der Waals surface area contributed by atoms with Gasteiger partial charge in [0.05, 0.1) is 6.07 Å². The standard InChI is InChI=1S/C17H25N3/c1-19-17(14-18,16-9-4-3-5-10-16)11-12-20(2)13-15-7-6-8-15/h3-5,9-10,15,19H,6-8,11-13H2,1-2H3. The third kappa shape index (κ3) is 3.39. The van der Waals surface area contributed by atoms with Crippen LogP contribution in [-0.4, -0.2) is 32.1 Å². The number of rotatable bonds is 7. The highest BCUT2D eigenvalue weighted by atomic mass is 15.1.